The highest BCUT2D eigenvalue weighted by molar-refractivity contribution is 7.20. The van der Waals surface area contributed by atoms with Gasteiger partial charge in [-0.1, -0.05) is 23.2 Å². The first-order chi connectivity index (χ1) is 8.51. The van der Waals surface area contributed by atoms with E-state index in [9.17, 15) is 4.79 Å². The molecule has 2 aromatic heterocycles. The molecule has 0 saturated carbocycles. The number of aromatic nitrogens is 2. The highest BCUT2D eigenvalue weighted by Gasteiger charge is 2.17. The third kappa shape index (κ3) is 2.48. The molecule has 0 aromatic carbocycles. The molecule has 0 atom stereocenters. The molecule has 0 spiro atoms. The number of hydrogen-bond donors (Lipinski definition) is 1. The number of anilines is 1. The fourth-order valence-electron chi connectivity index (χ4n) is 1.33. The van der Waals surface area contributed by atoms with E-state index in [1.54, 1.807) is 7.05 Å². The van der Waals surface area contributed by atoms with Crippen LogP contribution in [0, 0.1) is 11.3 Å². The van der Waals surface area contributed by atoms with E-state index < -0.39 is 5.91 Å². The van der Waals surface area contributed by atoms with Gasteiger partial charge in [0.05, 0.1) is 9.90 Å². The fraction of sp³-hybridized carbons (Fsp3) is 0.100. The Hall–Kier alpha value is -1.55. The maximum atomic E-state index is 11.9. The quantitative estimate of drug-likeness (QED) is 0.927. The first-order valence-corrected chi connectivity index (χ1v) is 6.28. The summed E-state index contributed by atoms with van der Waals surface area (Å²) in [4.78, 5) is 11.9. The maximum Gasteiger partial charge on any atom is 0.259 e. The smallest absolute Gasteiger partial charge is 0.259 e. The second-order valence-corrected chi connectivity index (χ2v) is 5.65. The van der Waals surface area contributed by atoms with Gasteiger partial charge in [-0.15, -0.1) is 11.3 Å². The Morgan fingerprint density at radius 3 is 2.89 bits per heavy atom. The highest BCUT2D eigenvalue weighted by atomic mass is 35.5. The molecular formula is C10H6Cl2N4OS. The molecule has 5 nitrogen and oxygen atoms in total. The average Bonchev–Trinajstić information content (AvgIpc) is 2.81. The van der Waals surface area contributed by atoms with Crippen LogP contribution in [0.15, 0.2) is 12.3 Å². The van der Waals surface area contributed by atoms with Gasteiger partial charge in [-0.2, -0.15) is 10.4 Å². The molecule has 92 valence electrons. The third-order valence-corrected chi connectivity index (χ3v) is 3.57. The molecule has 8 heteroatoms. The van der Waals surface area contributed by atoms with Crippen molar-refractivity contribution in [3.8, 4) is 6.07 Å². The van der Waals surface area contributed by atoms with Crippen molar-refractivity contribution in [3.05, 3.63) is 32.1 Å². The molecule has 2 heterocycles. The standard InChI is InChI=1S/C10H6Cl2N4OS/c1-16-4-5(3-13)9(15-16)14-10(17)6-2-7(11)18-8(6)12/h2,4H,1H3,(H,14,15,17). The third-order valence-electron chi connectivity index (χ3n) is 2.08. The van der Waals surface area contributed by atoms with Crippen molar-refractivity contribution in [2.24, 2.45) is 7.05 Å². The topological polar surface area (TPSA) is 70.7 Å². The molecule has 2 aromatic rings. The van der Waals surface area contributed by atoms with E-state index in [-0.39, 0.29) is 16.9 Å². The van der Waals surface area contributed by atoms with Gasteiger partial charge in [0.15, 0.2) is 5.82 Å². The second kappa shape index (κ2) is 4.98. The van der Waals surface area contributed by atoms with Crippen LogP contribution in [0.3, 0.4) is 0 Å². The zero-order chi connectivity index (χ0) is 13.3. The van der Waals surface area contributed by atoms with Gasteiger partial charge in [-0.3, -0.25) is 9.48 Å². The van der Waals surface area contributed by atoms with E-state index in [1.165, 1.54) is 16.9 Å². The Labute approximate surface area is 117 Å². The van der Waals surface area contributed by atoms with Crippen molar-refractivity contribution >= 4 is 46.3 Å². The Morgan fingerprint density at radius 1 is 1.61 bits per heavy atom. The Morgan fingerprint density at radius 2 is 2.33 bits per heavy atom. The minimum Gasteiger partial charge on any atom is -0.304 e. The van der Waals surface area contributed by atoms with Gasteiger partial charge >= 0.3 is 0 Å². The number of nitrogens with zero attached hydrogens (tertiary/aromatic N) is 3. The maximum absolute atomic E-state index is 11.9. The summed E-state index contributed by atoms with van der Waals surface area (Å²) < 4.78 is 2.16. The zero-order valence-electron chi connectivity index (χ0n) is 9.07. The number of nitriles is 1. The van der Waals surface area contributed by atoms with E-state index in [2.05, 4.69) is 10.4 Å². The van der Waals surface area contributed by atoms with Crippen LogP contribution < -0.4 is 5.32 Å². The summed E-state index contributed by atoms with van der Waals surface area (Å²) in [6.45, 7) is 0. The molecule has 0 fully saturated rings. The van der Waals surface area contributed by atoms with Gasteiger partial charge in [0.2, 0.25) is 0 Å². The molecule has 0 aliphatic heterocycles. The normalized spacial score (nSPS) is 10.1. The summed E-state index contributed by atoms with van der Waals surface area (Å²) in [7, 11) is 1.66. The van der Waals surface area contributed by atoms with Gasteiger partial charge in [-0.25, -0.2) is 0 Å². The van der Waals surface area contributed by atoms with Crippen molar-refractivity contribution in [1.82, 2.24) is 9.78 Å². The first-order valence-electron chi connectivity index (χ1n) is 4.71. The van der Waals surface area contributed by atoms with E-state index in [0.29, 0.717) is 8.67 Å². The molecule has 18 heavy (non-hydrogen) atoms. The van der Waals surface area contributed by atoms with Crippen LogP contribution in [-0.4, -0.2) is 15.7 Å². The Balaban J connectivity index is 2.27. The summed E-state index contributed by atoms with van der Waals surface area (Å²) in [5, 5.41) is 15.4. The summed E-state index contributed by atoms with van der Waals surface area (Å²) in [5.41, 5.74) is 0.546. The number of rotatable bonds is 2. The molecule has 0 radical (unpaired) electrons. The predicted molar refractivity (Wildman–Crippen MR) is 70.2 cm³/mol. The molecule has 0 bridgehead atoms. The lowest BCUT2D eigenvalue weighted by Crippen LogP contribution is -2.12. The number of thiophene rings is 1. The molecule has 0 unspecified atom stereocenters. The lowest BCUT2D eigenvalue weighted by Gasteiger charge is -2.00. The molecule has 2 rings (SSSR count). The summed E-state index contributed by atoms with van der Waals surface area (Å²) in [6, 6.07) is 3.41. The van der Waals surface area contributed by atoms with Gasteiger partial charge in [-0.05, 0) is 6.07 Å². The zero-order valence-corrected chi connectivity index (χ0v) is 11.4. The number of nitrogens with one attached hydrogen (secondary N) is 1. The SMILES string of the molecule is Cn1cc(C#N)c(NC(=O)c2cc(Cl)sc2Cl)n1. The number of carbonyl (C=O) groups excluding carboxylic acids is 1. The van der Waals surface area contributed by atoms with Crippen molar-refractivity contribution < 1.29 is 4.79 Å². The van der Waals surface area contributed by atoms with Crippen molar-refractivity contribution in [2.75, 3.05) is 5.32 Å². The van der Waals surface area contributed by atoms with Gasteiger partial charge in [0, 0.05) is 13.2 Å². The largest absolute Gasteiger partial charge is 0.304 e. The summed E-state index contributed by atoms with van der Waals surface area (Å²) in [6.07, 6.45) is 1.51. The average molecular weight is 301 g/mol. The minimum absolute atomic E-state index is 0.198. The molecule has 0 aliphatic rings. The first kappa shape index (κ1) is 12.9. The van der Waals surface area contributed by atoms with Crippen LogP contribution in [0.1, 0.15) is 15.9 Å². The minimum atomic E-state index is -0.446. The van der Waals surface area contributed by atoms with E-state index in [1.807, 2.05) is 6.07 Å². The van der Waals surface area contributed by atoms with Gasteiger partial charge in [0.1, 0.15) is 16.0 Å². The molecular weight excluding hydrogens is 295 g/mol. The van der Waals surface area contributed by atoms with E-state index in [4.69, 9.17) is 28.5 Å². The van der Waals surface area contributed by atoms with Gasteiger partial charge in [0.25, 0.3) is 5.91 Å². The molecule has 0 saturated heterocycles. The monoisotopic (exact) mass is 300 g/mol. The van der Waals surface area contributed by atoms with Crippen LogP contribution >= 0.6 is 34.5 Å². The van der Waals surface area contributed by atoms with Gasteiger partial charge < -0.3 is 5.32 Å². The lowest BCUT2D eigenvalue weighted by molar-refractivity contribution is 0.102. The van der Waals surface area contributed by atoms with Crippen LogP contribution in [0.4, 0.5) is 5.82 Å². The van der Waals surface area contributed by atoms with Crippen molar-refractivity contribution in [1.29, 1.82) is 5.26 Å². The van der Waals surface area contributed by atoms with Crippen LogP contribution in [0.2, 0.25) is 8.67 Å². The van der Waals surface area contributed by atoms with Crippen LogP contribution in [-0.2, 0) is 7.05 Å². The Kier molecular flexibility index (Phi) is 3.57. The summed E-state index contributed by atoms with van der Waals surface area (Å²) in [5.74, 6) is -0.248. The molecule has 1 N–H and O–H groups in total. The number of halogens is 2. The number of carbonyl (C=O) groups is 1. The van der Waals surface area contributed by atoms with Crippen LogP contribution in [0.5, 0.6) is 0 Å². The number of hydrogen-bond acceptors (Lipinski definition) is 4. The number of amides is 1. The lowest BCUT2D eigenvalue weighted by atomic mass is 10.3. The molecule has 1 amide bonds. The summed E-state index contributed by atoms with van der Waals surface area (Å²) >= 11 is 12.7. The highest BCUT2D eigenvalue weighted by Crippen LogP contribution is 2.31. The van der Waals surface area contributed by atoms with Crippen LogP contribution in [0.25, 0.3) is 0 Å². The molecule has 0 aliphatic carbocycles. The predicted octanol–water partition coefficient (Wildman–Crippen LogP) is 2.91. The second-order valence-electron chi connectivity index (χ2n) is 3.37. The number of aryl methyl sites for hydroxylation is 1. The van der Waals surface area contributed by atoms with E-state index in [0.717, 1.165) is 11.3 Å². The van der Waals surface area contributed by atoms with Crippen molar-refractivity contribution in [3.63, 3.8) is 0 Å². The Bertz CT molecular complexity index is 655. The fourth-order valence-corrected chi connectivity index (χ4v) is 2.79. The van der Waals surface area contributed by atoms with E-state index >= 15 is 0 Å². The van der Waals surface area contributed by atoms with Crippen molar-refractivity contribution in [2.45, 2.75) is 0 Å².